The van der Waals surface area contributed by atoms with E-state index in [-0.39, 0.29) is 5.82 Å². The fourth-order valence-corrected chi connectivity index (χ4v) is 2.19. The molecule has 0 aliphatic carbocycles. The van der Waals surface area contributed by atoms with E-state index >= 15 is 0 Å². The van der Waals surface area contributed by atoms with Crippen molar-refractivity contribution in [3.05, 3.63) is 72.0 Å². The van der Waals surface area contributed by atoms with Crippen molar-refractivity contribution < 1.29 is 4.39 Å². The van der Waals surface area contributed by atoms with Gasteiger partial charge in [0.2, 0.25) is 0 Å². The zero-order valence-electron chi connectivity index (χ0n) is 10.2. The zero-order chi connectivity index (χ0) is 12.5. The third-order valence-corrected chi connectivity index (χ3v) is 3.24. The van der Waals surface area contributed by atoms with Crippen molar-refractivity contribution in [1.29, 1.82) is 0 Å². The predicted molar refractivity (Wildman–Crippen MR) is 74.1 cm³/mol. The molecule has 3 rings (SSSR count). The summed E-state index contributed by atoms with van der Waals surface area (Å²) in [6, 6.07) is 19.8. The van der Waals surface area contributed by atoms with Gasteiger partial charge in [-0.1, -0.05) is 42.5 Å². The molecule has 0 aliphatic rings. The molecule has 0 spiro atoms. The summed E-state index contributed by atoms with van der Waals surface area (Å²) in [6.45, 7) is 1.79. The Hall–Kier alpha value is -2.15. The van der Waals surface area contributed by atoms with Crippen molar-refractivity contribution in [2.75, 3.05) is 0 Å². The first-order chi connectivity index (χ1) is 8.74. The monoisotopic (exact) mass is 236 g/mol. The summed E-state index contributed by atoms with van der Waals surface area (Å²) in [5, 5.41) is 2.43. The van der Waals surface area contributed by atoms with Crippen LogP contribution in [-0.2, 0) is 0 Å². The van der Waals surface area contributed by atoms with E-state index in [2.05, 4.69) is 30.3 Å². The van der Waals surface area contributed by atoms with Crippen molar-refractivity contribution in [3.63, 3.8) is 0 Å². The molecule has 0 aromatic heterocycles. The van der Waals surface area contributed by atoms with Gasteiger partial charge < -0.3 is 0 Å². The second kappa shape index (κ2) is 4.26. The number of halogens is 1. The Balaban J connectivity index is 2.16. The number of hydrogen-bond acceptors (Lipinski definition) is 0. The van der Waals surface area contributed by atoms with Crippen molar-refractivity contribution >= 4 is 10.8 Å². The van der Waals surface area contributed by atoms with Crippen LogP contribution in [0.1, 0.15) is 5.56 Å². The van der Waals surface area contributed by atoms with E-state index < -0.39 is 0 Å². The molecular weight excluding hydrogens is 223 g/mol. The van der Waals surface area contributed by atoms with Gasteiger partial charge in [-0.05, 0) is 52.6 Å². The summed E-state index contributed by atoms with van der Waals surface area (Å²) < 4.78 is 13.3. The van der Waals surface area contributed by atoms with Gasteiger partial charge in [0.1, 0.15) is 5.82 Å². The number of aryl methyl sites for hydroxylation is 1. The smallest absolute Gasteiger partial charge is 0.126 e. The van der Waals surface area contributed by atoms with Crippen molar-refractivity contribution in [1.82, 2.24) is 0 Å². The summed E-state index contributed by atoms with van der Waals surface area (Å²) in [5.41, 5.74) is 2.86. The summed E-state index contributed by atoms with van der Waals surface area (Å²) in [4.78, 5) is 0. The molecule has 3 aromatic rings. The Morgan fingerprint density at radius 3 is 2.17 bits per heavy atom. The van der Waals surface area contributed by atoms with Crippen LogP contribution in [0, 0.1) is 12.7 Å². The maximum atomic E-state index is 13.3. The minimum absolute atomic E-state index is 0.153. The van der Waals surface area contributed by atoms with Crippen LogP contribution in [0.2, 0.25) is 0 Å². The molecule has 0 saturated heterocycles. The summed E-state index contributed by atoms with van der Waals surface area (Å²) >= 11 is 0. The SMILES string of the molecule is Cc1cc(-c2ccc3ccccc3c2)ccc1F. The number of fused-ring (bicyclic) bond motifs is 1. The third-order valence-electron chi connectivity index (χ3n) is 3.24. The molecule has 0 amide bonds. The van der Waals surface area contributed by atoms with Gasteiger partial charge in [0.15, 0.2) is 0 Å². The maximum Gasteiger partial charge on any atom is 0.126 e. The third kappa shape index (κ3) is 1.88. The lowest BCUT2D eigenvalue weighted by molar-refractivity contribution is 0.619. The van der Waals surface area contributed by atoms with Gasteiger partial charge in [-0.3, -0.25) is 0 Å². The number of rotatable bonds is 1. The quantitative estimate of drug-likeness (QED) is 0.560. The molecule has 0 atom stereocenters. The average Bonchev–Trinajstić information content (AvgIpc) is 2.41. The van der Waals surface area contributed by atoms with Crippen LogP contribution in [0.15, 0.2) is 60.7 Å². The highest BCUT2D eigenvalue weighted by atomic mass is 19.1. The largest absolute Gasteiger partial charge is 0.207 e. The van der Waals surface area contributed by atoms with Crippen LogP contribution in [0.5, 0.6) is 0 Å². The minimum Gasteiger partial charge on any atom is -0.207 e. The second-order valence-corrected chi connectivity index (χ2v) is 4.53. The van der Waals surface area contributed by atoms with Crippen LogP contribution < -0.4 is 0 Å². The Morgan fingerprint density at radius 2 is 1.39 bits per heavy atom. The van der Waals surface area contributed by atoms with Gasteiger partial charge in [0.25, 0.3) is 0 Å². The topological polar surface area (TPSA) is 0 Å². The highest BCUT2D eigenvalue weighted by Gasteiger charge is 2.02. The second-order valence-electron chi connectivity index (χ2n) is 4.53. The normalized spacial score (nSPS) is 10.8. The van der Waals surface area contributed by atoms with Gasteiger partial charge >= 0.3 is 0 Å². The molecule has 18 heavy (non-hydrogen) atoms. The molecule has 0 bridgehead atoms. The molecule has 3 aromatic carbocycles. The van der Waals surface area contributed by atoms with Crippen LogP contribution in [0.4, 0.5) is 4.39 Å². The fraction of sp³-hybridized carbons (Fsp3) is 0.0588. The summed E-state index contributed by atoms with van der Waals surface area (Å²) in [7, 11) is 0. The molecule has 1 heteroatoms. The average molecular weight is 236 g/mol. The van der Waals surface area contributed by atoms with Crippen molar-refractivity contribution in [2.45, 2.75) is 6.92 Å². The first kappa shape index (κ1) is 11.0. The van der Waals surface area contributed by atoms with Crippen LogP contribution >= 0.6 is 0 Å². The number of benzene rings is 3. The van der Waals surface area contributed by atoms with E-state index in [0.717, 1.165) is 11.1 Å². The van der Waals surface area contributed by atoms with Gasteiger partial charge in [0.05, 0.1) is 0 Å². The maximum absolute atomic E-state index is 13.3. The standard InChI is InChI=1S/C17H13F/c1-12-10-15(8-9-17(12)18)16-7-6-13-4-2-3-5-14(13)11-16/h2-11H,1H3. The summed E-state index contributed by atoms with van der Waals surface area (Å²) in [6.07, 6.45) is 0. The molecular formula is C17H13F. The molecule has 0 fully saturated rings. The fourth-order valence-electron chi connectivity index (χ4n) is 2.19. The van der Waals surface area contributed by atoms with E-state index in [1.807, 2.05) is 24.3 Å². The van der Waals surface area contributed by atoms with E-state index in [4.69, 9.17) is 0 Å². The Morgan fingerprint density at radius 1 is 0.722 bits per heavy atom. The van der Waals surface area contributed by atoms with Gasteiger partial charge in [0, 0.05) is 0 Å². The molecule has 0 N–H and O–H groups in total. The van der Waals surface area contributed by atoms with Gasteiger partial charge in [-0.2, -0.15) is 0 Å². The molecule has 88 valence electrons. The molecule has 0 nitrogen and oxygen atoms in total. The summed E-state index contributed by atoms with van der Waals surface area (Å²) in [5.74, 6) is -0.153. The van der Waals surface area contributed by atoms with Crippen LogP contribution in [-0.4, -0.2) is 0 Å². The highest BCUT2D eigenvalue weighted by molar-refractivity contribution is 5.87. The van der Waals surface area contributed by atoms with Crippen LogP contribution in [0.25, 0.3) is 21.9 Å². The first-order valence-electron chi connectivity index (χ1n) is 5.99. The first-order valence-corrected chi connectivity index (χ1v) is 5.99. The molecule has 0 aliphatic heterocycles. The lowest BCUT2D eigenvalue weighted by atomic mass is 10.00. The van der Waals surface area contributed by atoms with E-state index in [1.165, 1.54) is 16.8 Å². The molecule has 0 saturated carbocycles. The Kier molecular flexibility index (Phi) is 2.60. The predicted octanol–water partition coefficient (Wildman–Crippen LogP) is 4.95. The van der Waals surface area contributed by atoms with E-state index in [0.29, 0.717) is 5.56 Å². The van der Waals surface area contributed by atoms with E-state index in [9.17, 15) is 4.39 Å². The zero-order valence-corrected chi connectivity index (χ0v) is 10.2. The Bertz CT molecular complexity index is 714. The molecule has 0 heterocycles. The van der Waals surface area contributed by atoms with Crippen molar-refractivity contribution in [2.24, 2.45) is 0 Å². The van der Waals surface area contributed by atoms with Crippen molar-refractivity contribution in [3.8, 4) is 11.1 Å². The Labute approximate surface area is 106 Å². The highest BCUT2D eigenvalue weighted by Crippen LogP contribution is 2.25. The molecule has 0 radical (unpaired) electrons. The van der Waals surface area contributed by atoms with E-state index in [1.54, 1.807) is 6.92 Å². The van der Waals surface area contributed by atoms with Crippen LogP contribution in [0.3, 0.4) is 0 Å². The lowest BCUT2D eigenvalue weighted by Crippen LogP contribution is -1.84. The molecule has 0 unspecified atom stereocenters. The van der Waals surface area contributed by atoms with Gasteiger partial charge in [-0.15, -0.1) is 0 Å². The minimum atomic E-state index is -0.153. The van der Waals surface area contributed by atoms with Gasteiger partial charge in [-0.25, -0.2) is 4.39 Å². The number of hydrogen-bond donors (Lipinski definition) is 0. The lowest BCUT2D eigenvalue weighted by Gasteiger charge is -2.05.